The van der Waals surface area contributed by atoms with Crippen molar-refractivity contribution in [2.45, 2.75) is 13.8 Å². The van der Waals surface area contributed by atoms with Crippen molar-refractivity contribution in [2.24, 2.45) is 0 Å². The first-order chi connectivity index (χ1) is 6.72. The van der Waals surface area contributed by atoms with Gasteiger partial charge in [0.05, 0.1) is 11.6 Å². The van der Waals surface area contributed by atoms with Crippen molar-refractivity contribution in [3.8, 4) is 6.07 Å². The van der Waals surface area contributed by atoms with Gasteiger partial charge in [-0.3, -0.25) is 0 Å². The topological polar surface area (TPSA) is 35.8 Å². The number of hydrogen-bond acceptors (Lipinski definition) is 2. The SMILES string of the molecule is CC(C)=CCNc1ccc(C#N)cc1. The first kappa shape index (κ1) is 10.3. The number of nitrogens with one attached hydrogen (secondary N) is 1. The average Bonchev–Trinajstić information content (AvgIpc) is 2.18. The third kappa shape index (κ3) is 3.32. The van der Waals surface area contributed by atoms with E-state index in [4.69, 9.17) is 5.26 Å². The Morgan fingerprint density at radius 1 is 1.36 bits per heavy atom. The van der Waals surface area contributed by atoms with Crippen LogP contribution < -0.4 is 5.32 Å². The van der Waals surface area contributed by atoms with Gasteiger partial charge in [-0.2, -0.15) is 5.26 Å². The minimum absolute atomic E-state index is 0.692. The Balaban J connectivity index is 2.53. The summed E-state index contributed by atoms with van der Waals surface area (Å²) in [6.45, 7) is 4.97. The fourth-order valence-electron chi connectivity index (χ4n) is 1.04. The van der Waals surface area contributed by atoms with Gasteiger partial charge in [0.15, 0.2) is 0 Å². The maximum absolute atomic E-state index is 8.60. The molecular weight excluding hydrogens is 172 g/mol. The van der Waals surface area contributed by atoms with Crippen LogP contribution in [0.25, 0.3) is 0 Å². The van der Waals surface area contributed by atoms with Crippen LogP contribution in [-0.2, 0) is 0 Å². The number of nitriles is 1. The molecule has 2 heteroatoms. The van der Waals surface area contributed by atoms with Crippen molar-refractivity contribution in [2.75, 3.05) is 11.9 Å². The Morgan fingerprint density at radius 2 is 2.00 bits per heavy atom. The summed E-state index contributed by atoms with van der Waals surface area (Å²) in [7, 11) is 0. The van der Waals surface area contributed by atoms with Crippen molar-refractivity contribution in [1.82, 2.24) is 0 Å². The van der Waals surface area contributed by atoms with Gasteiger partial charge in [-0.25, -0.2) is 0 Å². The van der Waals surface area contributed by atoms with Crippen LogP contribution in [0.2, 0.25) is 0 Å². The fourth-order valence-corrected chi connectivity index (χ4v) is 1.04. The van der Waals surface area contributed by atoms with Crippen LogP contribution >= 0.6 is 0 Å². The molecule has 1 aromatic rings. The van der Waals surface area contributed by atoms with E-state index in [1.807, 2.05) is 24.3 Å². The largest absolute Gasteiger partial charge is 0.382 e. The molecule has 0 aliphatic heterocycles. The molecule has 0 bridgehead atoms. The van der Waals surface area contributed by atoms with Gasteiger partial charge >= 0.3 is 0 Å². The lowest BCUT2D eigenvalue weighted by Crippen LogP contribution is -1.98. The third-order valence-corrected chi connectivity index (χ3v) is 1.83. The Morgan fingerprint density at radius 3 is 2.50 bits per heavy atom. The Kier molecular flexibility index (Phi) is 3.75. The molecule has 1 aromatic carbocycles. The molecule has 14 heavy (non-hydrogen) atoms. The van der Waals surface area contributed by atoms with Gasteiger partial charge in [-0.1, -0.05) is 11.6 Å². The summed E-state index contributed by atoms with van der Waals surface area (Å²) in [5.41, 5.74) is 3.03. The number of hydrogen-bond donors (Lipinski definition) is 1. The van der Waals surface area contributed by atoms with Crippen LogP contribution in [0.15, 0.2) is 35.9 Å². The highest BCUT2D eigenvalue weighted by Gasteiger charge is 1.90. The van der Waals surface area contributed by atoms with Gasteiger partial charge in [0.25, 0.3) is 0 Å². The Labute approximate surface area is 84.9 Å². The molecule has 0 aromatic heterocycles. The zero-order valence-electron chi connectivity index (χ0n) is 8.54. The predicted molar refractivity (Wildman–Crippen MR) is 59.1 cm³/mol. The Bertz CT molecular complexity index is 351. The molecule has 0 unspecified atom stereocenters. The lowest BCUT2D eigenvalue weighted by molar-refractivity contribution is 1.26. The van der Waals surface area contributed by atoms with E-state index < -0.39 is 0 Å². The predicted octanol–water partition coefficient (Wildman–Crippen LogP) is 2.94. The maximum atomic E-state index is 8.60. The molecule has 0 atom stereocenters. The molecule has 0 fully saturated rings. The minimum atomic E-state index is 0.692. The van der Waals surface area contributed by atoms with Crippen LogP contribution in [0, 0.1) is 11.3 Å². The molecule has 0 heterocycles. The first-order valence-corrected chi connectivity index (χ1v) is 4.60. The van der Waals surface area contributed by atoms with Crippen molar-refractivity contribution in [3.63, 3.8) is 0 Å². The summed E-state index contributed by atoms with van der Waals surface area (Å²) >= 11 is 0. The molecule has 0 aliphatic carbocycles. The van der Waals surface area contributed by atoms with Crippen LogP contribution in [0.1, 0.15) is 19.4 Å². The Hall–Kier alpha value is -1.75. The lowest BCUT2D eigenvalue weighted by atomic mass is 10.2. The second-order valence-electron chi connectivity index (χ2n) is 3.35. The van der Waals surface area contributed by atoms with Gasteiger partial charge in [0.1, 0.15) is 0 Å². The third-order valence-electron chi connectivity index (χ3n) is 1.83. The van der Waals surface area contributed by atoms with Gasteiger partial charge in [0, 0.05) is 12.2 Å². The van der Waals surface area contributed by atoms with Crippen molar-refractivity contribution in [3.05, 3.63) is 41.5 Å². The second-order valence-corrected chi connectivity index (χ2v) is 3.35. The molecule has 0 spiro atoms. The molecule has 1 N–H and O–H groups in total. The van der Waals surface area contributed by atoms with Crippen molar-refractivity contribution in [1.29, 1.82) is 5.26 Å². The lowest BCUT2D eigenvalue weighted by Gasteiger charge is -2.02. The second kappa shape index (κ2) is 5.08. The summed E-state index contributed by atoms with van der Waals surface area (Å²) in [6, 6.07) is 9.54. The van der Waals surface area contributed by atoms with E-state index in [1.165, 1.54) is 5.57 Å². The monoisotopic (exact) mass is 186 g/mol. The van der Waals surface area contributed by atoms with E-state index in [9.17, 15) is 0 Å². The molecule has 0 amide bonds. The zero-order chi connectivity index (χ0) is 10.4. The van der Waals surface area contributed by atoms with Crippen molar-refractivity contribution >= 4 is 5.69 Å². The highest BCUT2D eigenvalue weighted by atomic mass is 14.8. The number of rotatable bonds is 3. The van der Waals surface area contributed by atoms with Crippen LogP contribution in [0.5, 0.6) is 0 Å². The average molecular weight is 186 g/mol. The summed E-state index contributed by atoms with van der Waals surface area (Å²) in [5.74, 6) is 0. The zero-order valence-corrected chi connectivity index (χ0v) is 8.54. The smallest absolute Gasteiger partial charge is 0.0991 e. The summed E-state index contributed by atoms with van der Waals surface area (Å²) < 4.78 is 0. The molecule has 0 saturated heterocycles. The highest BCUT2D eigenvalue weighted by molar-refractivity contribution is 5.47. The maximum Gasteiger partial charge on any atom is 0.0991 e. The highest BCUT2D eigenvalue weighted by Crippen LogP contribution is 2.08. The van der Waals surface area contributed by atoms with Gasteiger partial charge in [-0.15, -0.1) is 0 Å². The molecule has 0 aliphatic rings. The van der Waals surface area contributed by atoms with E-state index >= 15 is 0 Å². The number of nitrogens with zero attached hydrogens (tertiary/aromatic N) is 1. The number of benzene rings is 1. The van der Waals surface area contributed by atoms with Crippen LogP contribution in [0.3, 0.4) is 0 Å². The van der Waals surface area contributed by atoms with Gasteiger partial charge < -0.3 is 5.32 Å². The van der Waals surface area contributed by atoms with E-state index in [2.05, 4.69) is 31.3 Å². The summed E-state index contributed by atoms with van der Waals surface area (Å²) in [6.07, 6.45) is 2.12. The minimum Gasteiger partial charge on any atom is -0.382 e. The molecule has 2 nitrogen and oxygen atoms in total. The van der Waals surface area contributed by atoms with E-state index in [-0.39, 0.29) is 0 Å². The van der Waals surface area contributed by atoms with Crippen molar-refractivity contribution < 1.29 is 0 Å². The molecule has 1 rings (SSSR count). The van der Waals surface area contributed by atoms with Crippen LogP contribution in [0.4, 0.5) is 5.69 Å². The fraction of sp³-hybridized carbons (Fsp3) is 0.250. The number of allylic oxidation sites excluding steroid dienone is 1. The van der Waals surface area contributed by atoms with Gasteiger partial charge in [0.2, 0.25) is 0 Å². The molecular formula is C12H14N2. The van der Waals surface area contributed by atoms with E-state index in [0.717, 1.165) is 12.2 Å². The summed E-state index contributed by atoms with van der Waals surface area (Å²) in [4.78, 5) is 0. The van der Waals surface area contributed by atoms with Crippen LogP contribution in [-0.4, -0.2) is 6.54 Å². The first-order valence-electron chi connectivity index (χ1n) is 4.60. The molecule has 72 valence electrons. The van der Waals surface area contributed by atoms with E-state index in [1.54, 1.807) is 0 Å². The standard InChI is InChI=1S/C12H14N2/c1-10(2)7-8-14-12-5-3-11(9-13)4-6-12/h3-7,14H,8H2,1-2H3. The summed E-state index contributed by atoms with van der Waals surface area (Å²) in [5, 5.41) is 11.8. The quantitative estimate of drug-likeness (QED) is 0.737. The van der Waals surface area contributed by atoms with Gasteiger partial charge in [-0.05, 0) is 38.1 Å². The normalized spacial score (nSPS) is 8.93. The van der Waals surface area contributed by atoms with E-state index in [0.29, 0.717) is 5.56 Å². The molecule has 0 saturated carbocycles. The molecule has 0 radical (unpaired) electrons. The number of anilines is 1.